The summed E-state index contributed by atoms with van der Waals surface area (Å²) in [6, 6.07) is 7.04. The van der Waals surface area contributed by atoms with Crippen LogP contribution in [-0.2, 0) is 0 Å². The van der Waals surface area contributed by atoms with Gasteiger partial charge in [0.25, 0.3) is 0 Å². The van der Waals surface area contributed by atoms with Crippen LogP contribution in [0.3, 0.4) is 0 Å². The number of benzene rings is 1. The van der Waals surface area contributed by atoms with Gasteiger partial charge in [-0.1, -0.05) is 12.1 Å². The van der Waals surface area contributed by atoms with E-state index >= 15 is 0 Å². The van der Waals surface area contributed by atoms with E-state index in [1.54, 1.807) is 24.5 Å². The molecule has 4 rings (SSSR count). The summed E-state index contributed by atoms with van der Waals surface area (Å²) in [6.07, 6.45) is 7.61. The number of halogens is 1. The molecule has 0 saturated heterocycles. The highest BCUT2D eigenvalue weighted by Crippen LogP contribution is 2.32. The normalized spacial score (nSPS) is 20.7. The summed E-state index contributed by atoms with van der Waals surface area (Å²) < 4.78 is 0. The van der Waals surface area contributed by atoms with Crippen molar-refractivity contribution in [1.29, 1.82) is 0 Å². The van der Waals surface area contributed by atoms with Crippen molar-refractivity contribution >= 4 is 45.1 Å². The van der Waals surface area contributed by atoms with Crippen LogP contribution in [0.1, 0.15) is 36.0 Å². The first-order chi connectivity index (χ1) is 12.1. The highest BCUT2D eigenvalue weighted by atomic mass is 35.5. The van der Waals surface area contributed by atoms with E-state index in [1.165, 1.54) is 6.07 Å². The molecular formula is C19H17ClN3O2-. The van der Waals surface area contributed by atoms with E-state index in [0.29, 0.717) is 5.52 Å². The van der Waals surface area contributed by atoms with Gasteiger partial charge >= 0.3 is 0 Å². The van der Waals surface area contributed by atoms with Crippen molar-refractivity contribution in [2.75, 3.05) is 5.32 Å². The number of carboxylic acids is 1. The van der Waals surface area contributed by atoms with Gasteiger partial charge in [0.1, 0.15) is 5.82 Å². The molecular weight excluding hydrogens is 338 g/mol. The molecule has 0 aliphatic heterocycles. The second-order valence-corrected chi connectivity index (χ2v) is 7.12. The van der Waals surface area contributed by atoms with Crippen molar-refractivity contribution in [1.82, 2.24) is 9.97 Å². The minimum atomic E-state index is -1.21. The molecule has 0 bridgehead atoms. The first kappa shape index (κ1) is 16.1. The molecule has 0 spiro atoms. The van der Waals surface area contributed by atoms with Gasteiger partial charge in [-0.2, -0.15) is 0 Å². The number of carbonyl (C=O) groups is 1. The molecule has 2 heterocycles. The van der Waals surface area contributed by atoms with Crippen LogP contribution < -0.4 is 10.4 Å². The number of hydrogen-bond acceptors (Lipinski definition) is 5. The Morgan fingerprint density at radius 3 is 2.88 bits per heavy atom. The van der Waals surface area contributed by atoms with Crippen molar-refractivity contribution in [3.63, 3.8) is 0 Å². The summed E-state index contributed by atoms with van der Waals surface area (Å²) in [5.74, 6) is -0.460. The number of carbonyl (C=O) groups excluding carboxylic acids is 1. The van der Waals surface area contributed by atoms with Crippen molar-refractivity contribution < 1.29 is 9.90 Å². The number of anilines is 1. The Kier molecular flexibility index (Phi) is 4.17. The number of alkyl halides is 1. The zero-order valence-electron chi connectivity index (χ0n) is 13.5. The van der Waals surface area contributed by atoms with Gasteiger partial charge in [0.05, 0.1) is 11.5 Å². The first-order valence-electron chi connectivity index (χ1n) is 8.41. The van der Waals surface area contributed by atoms with Crippen LogP contribution in [0.4, 0.5) is 5.82 Å². The highest BCUT2D eigenvalue weighted by molar-refractivity contribution is 6.20. The molecule has 1 N–H and O–H groups in total. The lowest BCUT2D eigenvalue weighted by Gasteiger charge is -2.27. The number of carboxylic acid groups (broad SMARTS) is 1. The lowest BCUT2D eigenvalue weighted by atomic mass is 9.95. The Bertz CT molecular complexity index is 960. The van der Waals surface area contributed by atoms with Gasteiger partial charge in [0, 0.05) is 40.0 Å². The molecule has 25 heavy (non-hydrogen) atoms. The summed E-state index contributed by atoms with van der Waals surface area (Å²) in [5, 5.41) is 17.6. The number of rotatable bonds is 3. The maximum atomic E-state index is 11.2. The second kappa shape index (κ2) is 6.48. The van der Waals surface area contributed by atoms with Crippen LogP contribution >= 0.6 is 11.6 Å². The van der Waals surface area contributed by atoms with Gasteiger partial charge in [-0.05, 0) is 43.4 Å². The zero-order chi connectivity index (χ0) is 17.4. The van der Waals surface area contributed by atoms with E-state index in [-0.39, 0.29) is 17.0 Å². The van der Waals surface area contributed by atoms with E-state index in [4.69, 9.17) is 16.6 Å². The molecule has 128 valence electrons. The maximum absolute atomic E-state index is 11.2. The molecule has 5 nitrogen and oxygen atoms in total. The number of pyridine rings is 2. The van der Waals surface area contributed by atoms with Gasteiger partial charge in [-0.15, -0.1) is 11.6 Å². The molecule has 3 aromatic rings. The van der Waals surface area contributed by atoms with Crippen molar-refractivity contribution in [2.45, 2.75) is 37.1 Å². The minimum Gasteiger partial charge on any atom is -0.545 e. The van der Waals surface area contributed by atoms with E-state index in [9.17, 15) is 9.90 Å². The Hall–Kier alpha value is -2.40. The van der Waals surface area contributed by atoms with Crippen LogP contribution in [0.2, 0.25) is 0 Å². The molecule has 6 heteroatoms. The standard InChI is InChI=1S/C19H18ClN3O2/c20-12-2-1-3-13(9-12)22-18-15-6-7-21-10-16(15)14-5-4-11(19(24)25)8-17(14)23-18/h4-8,10,12-13H,1-3,9H2,(H,22,23)(H,24,25)/p-1/t12-,13-/m0/s1. The average molecular weight is 355 g/mol. The zero-order valence-corrected chi connectivity index (χ0v) is 14.3. The SMILES string of the molecule is O=C([O-])c1ccc2c(c1)nc(N[C@H]1CCC[C@H](Cl)C1)c1ccncc12. The van der Waals surface area contributed by atoms with E-state index in [1.807, 2.05) is 6.07 Å². The van der Waals surface area contributed by atoms with E-state index in [0.717, 1.165) is 47.7 Å². The molecule has 2 aromatic heterocycles. The minimum absolute atomic E-state index is 0.118. The molecule has 2 atom stereocenters. The maximum Gasteiger partial charge on any atom is 0.134 e. The van der Waals surface area contributed by atoms with Crippen molar-refractivity contribution in [3.05, 3.63) is 42.2 Å². The summed E-state index contributed by atoms with van der Waals surface area (Å²) >= 11 is 6.30. The van der Waals surface area contributed by atoms with Crippen LogP contribution in [0.15, 0.2) is 36.7 Å². The summed E-state index contributed by atoms with van der Waals surface area (Å²) in [4.78, 5) is 20.1. The number of aromatic carboxylic acids is 1. The molecule has 1 saturated carbocycles. The smallest absolute Gasteiger partial charge is 0.134 e. The summed E-state index contributed by atoms with van der Waals surface area (Å²) in [7, 11) is 0. The van der Waals surface area contributed by atoms with Gasteiger partial charge in [-0.3, -0.25) is 4.98 Å². The number of nitrogens with zero attached hydrogens (tertiary/aromatic N) is 2. The van der Waals surface area contributed by atoms with Crippen LogP contribution in [0.5, 0.6) is 0 Å². The largest absolute Gasteiger partial charge is 0.545 e. The number of nitrogens with one attached hydrogen (secondary N) is 1. The third-order valence-electron chi connectivity index (χ3n) is 4.78. The Morgan fingerprint density at radius 1 is 1.20 bits per heavy atom. The molecule has 0 amide bonds. The van der Waals surface area contributed by atoms with Gasteiger partial charge in [0.2, 0.25) is 0 Å². The fourth-order valence-corrected chi connectivity index (χ4v) is 3.91. The van der Waals surface area contributed by atoms with Crippen LogP contribution in [-0.4, -0.2) is 27.4 Å². The fraction of sp³-hybridized carbons (Fsp3) is 0.316. The van der Waals surface area contributed by atoms with Gasteiger partial charge in [-0.25, -0.2) is 4.98 Å². The van der Waals surface area contributed by atoms with Gasteiger partial charge < -0.3 is 15.2 Å². The number of aromatic nitrogens is 2. The molecule has 1 aromatic carbocycles. The predicted octanol–water partition coefficient (Wildman–Crippen LogP) is 3.11. The average Bonchev–Trinajstić information content (AvgIpc) is 2.61. The number of fused-ring (bicyclic) bond motifs is 3. The predicted molar refractivity (Wildman–Crippen MR) is 96.9 cm³/mol. The van der Waals surface area contributed by atoms with Gasteiger partial charge in [0.15, 0.2) is 0 Å². The van der Waals surface area contributed by atoms with Crippen LogP contribution in [0, 0.1) is 0 Å². The molecule has 1 fully saturated rings. The van der Waals surface area contributed by atoms with Crippen molar-refractivity contribution in [2.24, 2.45) is 0 Å². The Balaban J connectivity index is 1.84. The van der Waals surface area contributed by atoms with Crippen molar-refractivity contribution in [3.8, 4) is 0 Å². The third-order valence-corrected chi connectivity index (χ3v) is 5.18. The van der Waals surface area contributed by atoms with Crippen LogP contribution in [0.25, 0.3) is 21.7 Å². The topological polar surface area (TPSA) is 77.9 Å². The Morgan fingerprint density at radius 2 is 2.08 bits per heavy atom. The second-order valence-electron chi connectivity index (χ2n) is 6.51. The third kappa shape index (κ3) is 3.12. The molecule has 1 aliphatic carbocycles. The summed E-state index contributed by atoms with van der Waals surface area (Å²) in [6.45, 7) is 0. The molecule has 0 unspecified atom stereocenters. The quantitative estimate of drug-likeness (QED) is 0.577. The lowest BCUT2D eigenvalue weighted by Crippen LogP contribution is -2.28. The molecule has 0 radical (unpaired) electrons. The van der Waals surface area contributed by atoms with E-state index < -0.39 is 5.97 Å². The fourth-order valence-electron chi connectivity index (χ4n) is 3.54. The number of hydrogen-bond donors (Lipinski definition) is 1. The molecule has 1 aliphatic rings. The monoisotopic (exact) mass is 354 g/mol. The van der Waals surface area contributed by atoms with E-state index in [2.05, 4.69) is 10.3 Å². The Labute approximate surface area is 150 Å². The lowest BCUT2D eigenvalue weighted by molar-refractivity contribution is -0.255. The summed E-state index contributed by atoms with van der Waals surface area (Å²) in [5.41, 5.74) is 0.732. The first-order valence-corrected chi connectivity index (χ1v) is 8.85. The highest BCUT2D eigenvalue weighted by Gasteiger charge is 2.21.